The Hall–Kier alpha value is -0.840. The fraction of sp³-hybridized carbons (Fsp3) is 0.400. The van der Waals surface area contributed by atoms with Gasteiger partial charge >= 0.3 is 5.97 Å². The van der Waals surface area contributed by atoms with E-state index in [4.69, 9.17) is 23.2 Å². The lowest BCUT2D eigenvalue weighted by Gasteiger charge is -2.25. The molecule has 0 heterocycles. The van der Waals surface area contributed by atoms with E-state index in [1.54, 1.807) is 6.92 Å². The van der Waals surface area contributed by atoms with E-state index in [0.717, 1.165) is 13.2 Å². The minimum absolute atomic E-state index is 0.0338. The van der Waals surface area contributed by atoms with Crippen LogP contribution in [0.2, 0.25) is 0 Å². The van der Waals surface area contributed by atoms with Crippen LogP contribution in [0, 0.1) is 0 Å². The second kappa shape index (κ2) is 4.57. The maximum atomic E-state index is 11.5. The lowest BCUT2D eigenvalue weighted by molar-refractivity contribution is -0.158. The molecule has 0 saturated carbocycles. The third-order valence-electron chi connectivity index (χ3n) is 2.32. The molecule has 0 amide bonds. The summed E-state index contributed by atoms with van der Waals surface area (Å²) in [5, 5.41) is 8.81. The number of ether oxygens (including phenoxy) is 1. The Bertz CT molecular complexity index is 400. The summed E-state index contributed by atoms with van der Waals surface area (Å²) in [6, 6.07) is 0. The molecule has 16 heavy (non-hydrogen) atoms. The van der Waals surface area contributed by atoms with Crippen molar-refractivity contribution in [3.63, 3.8) is 0 Å². The van der Waals surface area contributed by atoms with Crippen LogP contribution < -0.4 is 0 Å². The van der Waals surface area contributed by atoms with Crippen molar-refractivity contribution >= 4 is 35.0 Å². The lowest BCUT2D eigenvalue weighted by atomic mass is 9.94. The SMILES string of the molecule is C/C=C(\Cl)C1=CC(=O)[C@H](Cl)[C@]1(O)C(=O)OC. The fourth-order valence-corrected chi connectivity index (χ4v) is 1.91. The summed E-state index contributed by atoms with van der Waals surface area (Å²) in [7, 11) is 1.09. The third kappa shape index (κ3) is 1.77. The number of hydrogen-bond donors (Lipinski definition) is 1. The molecule has 0 radical (unpaired) electrons. The Morgan fingerprint density at radius 1 is 1.69 bits per heavy atom. The van der Waals surface area contributed by atoms with Gasteiger partial charge in [0.1, 0.15) is 5.38 Å². The van der Waals surface area contributed by atoms with Crippen molar-refractivity contribution in [1.29, 1.82) is 0 Å². The van der Waals surface area contributed by atoms with Gasteiger partial charge in [-0.25, -0.2) is 4.79 Å². The molecule has 1 aliphatic rings. The molecule has 4 nitrogen and oxygen atoms in total. The smallest absolute Gasteiger partial charge is 0.344 e. The predicted molar refractivity (Wildman–Crippen MR) is 59.3 cm³/mol. The van der Waals surface area contributed by atoms with Crippen LogP contribution in [-0.4, -0.2) is 34.9 Å². The summed E-state index contributed by atoms with van der Waals surface area (Å²) in [4.78, 5) is 22.9. The van der Waals surface area contributed by atoms with E-state index in [-0.39, 0.29) is 10.6 Å². The average Bonchev–Trinajstić information content (AvgIpc) is 2.52. The first-order valence-corrected chi connectivity index (χ1v) is 5.24. The van der Waals surface area contributed by atoms with Gasteiger partial charge in [-0.3, -0.25) is 4.79 Å². The molecule has 1 rings (SSSR count). The molecule has 0 unspecified atom stereocenters. The Morgan fingerprint density at radius 2 is 2.25 bits per heavy atom. The predicted octanol–water partition coefficient (Wildman–Crippen LogP) is 1.15. The Morgan fingerprint density at radius 3 is 2.69 bits per heavy atom. The molecule has 0 aromatic heterocycles. The second-order valence-corrected chi connectivity index (χ2v) is 4.06. The zero-order chi connectivity index (χ0) is 12.5. The topological polar surface area (TPSA) is 63.6 Å². The van der Waals surface area contributed by atoms with E-state index in [1.807, 2.05) is 0 Å². The molecule has 0 aromatic carbocycles. The van der Waals surface area contributed by atoms with Gasteiger partial charge in [0.25, 0.3) is 0 Å². The number of allylic oxidation sites excluding steroid dienone is 2. The summed E-state index contributed by atoms with van der Waals surface area (Å²) in [5.74, 6) is -1.59. The van der Waals surface area contributed by atoms with Crippen LogP contribution in [-0.2, 0) is 14.3 Å². The van der Waals surface area contributed by atoms with Gasteiger partial charge in [0.15, 0.2) is 5.78 Å². The van der Waals surface area contributed by atoms with Crippen molar-refractivity contribution in [2.24, 2.45) is 0 Å². The minimum Gasteiger partial charge on any atom is -0.467 e. The average molecular weight is 265 g/mol. The van der Waals surface area contributed by atoms with E-state index < -0.39 is 22.7 Å². The Kier molecular flexibility index (Phi) is 3.78. The van der Waals surface area contributed by atoms with Gasteiger partial charge < -0.3 is 9.84 Å². The van der Waals surface area contributed by atoms with Crippen LogP contribution in [0.1, 0.15) is 6.92 Å². The summed E-state index contributed by atoms with van der Waals surface area (Å²) >= 11 is 11.5. The van der Waals surface area contributed by atoms with Gasteiger partial charge in [0, 0.05) is 10.6 Å². The summed E-state index contributed by atoms with van der Waals surface area (Å²) in [5.41, 5.74) is -2.25. The molecule has 0 aromatic rings. The molecule has 2 atom stereocenters. The van der Waals surface area contributed by atoms with Gasteiger partial charge in [-0.05, 0) is 13.0 Å². The van der Waals surface area contributed by atoms with Gasteiger partial charge in [-0.2, -0.15) is 0 Å². The van der Waals surface area contributed by atoms with Gasteiger partial charge in [0.05, 0.1) is 7.11 Å². The fourth-order valence-electron chi connectivity index (χ4n) is 1.44. The number of carbonyl (C=O) groups is 2. The number of carbonyl (C=O) groups excluding carboxylic acids is 2. The van der Waals surface area contributed by atoms with Crippen LogP contribution in [0.25, 0.3) is 0 Å². The molecule has 0 bridgehead atoms. The first-order chi connectivity index (χ1) is 7.39. The third-order valence-corrected chi connectivity index (χ3v) is 3.27. The number of hydrogen-bond acceptors (Lipinski definition) is 4. The van der Waals surface area contributed by atoms with E-state index in [1.165, 1.54) is 6.08 Å². The number of methoxy groups -OCH3 is 1. The number of rotatable bonds is 2. The maximum absolute atomic E-state index is 11.5. The number of ketones is 1. The highest BCUT2D eigenvalue weighted by Gasteiger charge is 2.55. The number of alkyl halides is 1. The van der Waals surface area contributed by atoms with E-state index >= 15 is 0 Å². The Labute approximate surface area is 102 Å². The summed E-state index contributed by atoms with van der Waals surface area (Å²) in [6.07, 6.45) is 2.50. The molecule has 88 valence electrons. The van der Waals surface area contributed by atoms with E-state index in [0.29, 0.717) is 0 Å². The van der Waals surface area contributed by atoms with Crippen LogP contribution >= 0.6 is 23.2 Å². The first-order valence-electron chi connectivity index (χ1n) is 4.42. The quantitative estimate of drug-likeness (QED) is 0.601. The van der Waals surface area contributed by atoms with Gasteiger partial charge in [-0.15, -0.1) is 11.6 Å². The molecule has 0 saturated heterocycles. The van der Waals surface area contributed by atoms with Crippen molar-refractivity contribution in [2.75, 3.05) is 7.11 Å². The van der Waals surface area contributed by atoms with E-state index in [9.17, 15) is 14.7 Å². The van der Waals surface area contributed by atoms with Crippen molar-refractivity contribution < 1.29 is 19.4 Å². The molecule has 0 spiro atoms. The molecular weight excluding hydrogens is 255 g/mol. The number of esters is 1. The van der Waals surface area contributed by atoms with E-state index in [2.05, 4.69) is 4.74 Å². The maximum Gasteiger partial charge on any atom is 0.344 e. The molecule has 1 aliphatic carbocycles. The van der Waals surface area contributed by atoms with Crippen molar-refractivity contribution in [3.8, 4) is 0 Å². The lowest BCUT2D eigenvalue weighted by Crippen LogP contribution is -2.48. The Balaban J connectivity index is 3.30. The van der Waals surface area contributed by atoms with Crippen molar-refractivity contribution in [3.05, 3.63) is 22.8 Å². The molecule has 1 N–H and O–H groups in total. The number of halogens is 2. The minimum atomic E-state index is -2.21. The standard InChI is InChI=1S/C10H10Cl2O4/c1-3-6(11)5-4-7(13)8(12)10(5,15)9(14)16-2/h3-4,8,15H,1-2H3/b6-3-/t8-,10-/m0/s1. The summed E-state index contributed by atoms with van der Waals surface area (Å²) in [6.45, 7) is 1.60. The first kappa shape index (κ1) is 13.2. The zero-order valence-corrected chi connectivity index (χ0v) is 10.2. The zero-order valence-electron chi connectivity index (χ0n) is 8.66. The molecular formula is C10H10Cl2O4. The van der Waals surface area contributed by atoms with Crippen LogP contribution in [0.3, 0.4) is 0 Å². The highest BCUT2D eigenvalue weighted by Crippen LogP contribution is 2.39. The van der Waals surface area contributed by atoms with Gasteiger partial charge in [0.2, 0.25) is 5.60 Å². The second-order valence-electron chi connectivity index (χ2n) is 3.22. The highest BCUT2D eigenvalue weighted by molar-refractivity contribution is 6.40. The van der Waals surface area contributed by atoms with Gasteiger partial charge in [-0.1, -0.05) is 17.7 Å². The largest absolute Gasteiger partial charge is 0.467 e. The van der Waals surface area contributed by atoms with Crippen LogP contribution in [0.5, 0.6) is 0 Å². The highest BCUT2D eigenvalue weighted by atomic mass is 35.5. The molecule has 0 fully saturated rings. The normalized spacial score (nSPS) is 30.3. The van der Waals surface area contributed by atoms with Crippen molar-refractivity contribution in [1.82, 2.24) is 0 Å². The van der Waals surface area contributed by atoms with Crippen LogP contribution in [0.15, 0.2) is 22.8 Å². The molecule has 0 aliphatic heterocycles. The molecule has 6 heteroatoms. The van der Waals surface area contributed by atoms with Crippen LogP contribution in [0.4, 0.5) is 0 Å². The summed E-state index contributed by atoms with van der Waals surface area (Å²) < 4.78 is 4.43. The monoisotopic (exact) mass is 264 g/mol. The number of aliphatic hydroxyl groups is 1. The van der Waals surface area contributed by atoms with Crippen molar-refractivity contribution in [2.45, 2.75) is 17.9 Å².